The number of carbonyl (C=O) groups is 2. The van der Waals surface area contributed by atoms with Crippen LogP contribution in [0.3, 0.4) is 0 Å². The van der Waals surface area contributed by atoms with Crippen LogP contribution in [0.2, 0.25) is 0 Å². The summed E-state index contributed by atoms with van der Waals surface area (Å²) < 4.78 is 57.4. The Hall–Kier alpha value is -4.72. The van der Waals surface area contributed by atoms with Gasteiger partial charge in [-0.25, -0.2) is 18.9 Å². The number of aryl methyl sites for hydroxylation is 1. The molecule has 14 heteroatoms. The van der Waals surface area contributed by atoms with E-state index in [1.54, 1.807) is 0 Å². The van der Waals surface area contributed by atoms with E-state index in [9.17, 15) is 22.8 Å². The number of urea groups is 1. The monoisotopic (exact) mass is 626 g/mol. The van der Waals surface area contributed by atoms with Crippen molar-refractivity contribution in [3.05, 3.63) is 83.9 Å². The number of nitrogens with one attached hydrogen (secondary N) is 1. The molecule has 0 atom stereocenters. The van der Waals surface area contributed by atoms with Crippen molar-refractivity contribution in [1.82, 2.24) is 14.8 Å². The van der Waals surface area contributed by atoms with Crippen LogP contribution in [-0.4, -0.2) is 44.0 Å². The molecule has 0 aliphatic carbocycles. The van der Waals surface area contributed by atoms with Crippen LogP contribution in [-0.2, 0) is 11.2 Å². The molecule has 0 bridgehead atoms. The number of alkyl halides is 3. The lowest BCUT2D eigenvalue weighted by Gasteiger charge is -2.21. The number of hydrogen-bond donors (Lipinski definition) is 1. The SMILES string of the molecule is Cc1ccc(CC(C)C)c(N2C(=O)CSC2=NC(=O)Nc2ccc(-c3ncn(-c4ccc(OC(F)(F)F)cc4)n3)cc2F)c1. The van der Waals surface area contributed by atoms with Gasteiger partial charge in [-0.3, -0.25) is 9.69 Å². The van der Waals surface area contributed by atoms with E-state index in [0.717, 1.165) is 47.5 Å². The number of hydrogen-bond acceptors (Lipinski definition) is 6. The second kappa shape index (κ2) is 12.5. The molecule has 44 heavy (non-hydrogen) atoms. The van der Waals surface area contributed by atoms with Gasteiger partial charge in [0.15, 0.2) is 11.0 Å². The molecule has 1 aliphatic rings. The molecule has 0 saturated carbocycles. The zero-order chi connectivity index (χ0) is 31.6. The summed E-state index contributed by atoms with van der Waals surface area (Å²) in [6.07, 6.45) is -2.75. The van der Waals surface area contributed by atoms with Crippen LogP contribution in [0, 0.1) is 18.7 Å². The van der Waals surface area contributed by atoms with Crippen LogP contribution in [0.5, 0.6) is 5.75 Å². The maximum Gasteiger partial charge on any atom is 0.573 e. The highest BCUT2D eigenvalue weighted by atomic mass is 32.2. The van der Waals surface area contributed by atoms with Crippen LogP contribution >= 0.6 is 11.8 Å². The summed E-state index contributed by atoms with van der Waals surface area (Å²) in [5, 5.41) is 6.88. The molecule has 3 amide bonds. The number of ether oxygens (including phenoxy) is 1. The first kappa shape index (κ1) is 30.7. The maximum atomic E-state index is 15.0. The molecule has 1 aliphatic heterocycles. The summed E-state index contributed by atoms with van der Waals surface area (Å²) in [5.74, 6) is -0.757. The topological polar surface area (TPSA) is 102 Å². The molecule has 3 aromatic carbocycles. The molecule has 2 heterocycles. The Morgan fingerprint density at radius 1 is 1.11 bits per heavy atom. The van der Waals surface area contributed by atoms with E-state index < -0.39 is 18.2 Å². The first-order valence-electron chi connectivity index (χ1n) is 13.4. The third-order valence-corrected chi connectivity index (χ3v) is 7.29. The zero-order valence-electron chi connectivity index (χ0n) is 23.7. The van der Waals surface area contributed by atoms with E-state index in [1.165, 1.54) is 40.2 Å². The number of halogens is 4. The molecule has 4 aromatic rings. The molecule has 5 rings (SSSR count). The van der Waals surface area contributed by atoms with Crippen LogP contribution in [0.1, 0.15) is 25.0 Å². The molecule has 0 radical (unpaired) electrons. The fourth-order valence-corrected chi connectivity index (χ4v) is 5.34. The van der Waals surface area contributed by atoms with E-state index in [-0.39, 0.29) is 34.1 Å². The van der Waals surface area contributed by atoms with Gasteiger partial charge in [0.05, 0.1) is 22.8 Å². The first-order chi connectivity index (χ1) is 20.9. The molecule has 1 saturated heterocycles. The predicted octanol–water partition coefficient (Wildman–Crippen LogP) is 7.15. The fraction of sp³-hybridized carbons (Fsp3) is 0.233. The molecular weight excluding hydrogens is 600 g/mol. The Morgan fingerprint density at radius 2 is 1.86 bits per heavy atom. The van der Waals surface area contributed by atoms with Crippen molar-refractivity contribution in [2.75, 3.05) is 16.0 Å². The average molecular weight is 627 g/mol. The summed E-state index contributed by atoms with van der Waals surface area (Å²) in [6, 6.07) is 13.9. The number of anilines is 2. The third-order valence-electron chi connectivity index (χ3n) is 6.37. The summed E-state index contributed by atoms with van der Waals surface area (Å²) in [4.78, 5) is 35.3. The van der Waals surface area contributed by atoms with E-state index in [2.05, 4.69) is 39.0 Å². The smallest absolute Gasteiger partial charge is 0.406 e. The van der Waals surface area contributed by atoms with Crippen LogP contribution in [0.4, 0.5) is 33.7 Å². The van der Waals surface area contributed by atoms with E-state index in [4.69, 9.17) is 0 Å². The number of aromatic nitrogens is 3. The molecule has 1 aromatic heterocycles. The number of amides is 3. The number of thioether (sulfide) groups is 1. The quantitative estimate of drug-likeness (QED) is 0.219. The highest BCUT2D eigenvalue weighted by Gasteiger charge is 2.32. The van der Waals surface area contributed by atoms with Gasteiger partial charge < -0.3 is 10.1 Å². The second-order valence-electron chi connectivity index (χ2n) is 10.3. The van der Waals surface area contributed by atoms with Gasteiger partial charge in [0.1, 0.15) is 17.9 Å². The van der Waals surface area contributed by atoms with Gasteiger partial charge in [0, 0.05) is 5.56 Å². The van der Waals surface area contributed by atoms with E-state index in [1.807, 2.05) is 25.1 Å². The zero-order valence-corrected chi connectivity index (χ0v) is 24.5. The van der Waals surface area contributed by atoms with Crippen LogP contribution in [0.15, 0.2) is 72.0 Å². The van der Waals surface area contributed by atoms with Gasteiger partial charge in [-0.1, -0.05) is 37.7 Å². The number of rotatable bonds is 7. The number of aliphatic imine (C=N–C) groups is 1. The number of benzene rings is 3. The minimum Gasteiger partial charge on any atom is -0.406 e. The Bertz CT molecular complexity index is 1740. The van der Waals surface area contributed by atoms with Gasteiger partial charge in [0.25, 0.3) is 0 Å². The lowest BCUT2D eigenvalue weighted by atomic mass is 9.99. The summed E-state index contributed by atoms with van der Waals surface area (Å²) in [6.45, 7) is 6.07. The lowest BCUT2D eigenvalue weighted by Crippen LogP contribution is -2.31. The largest absolute Gasteiger partial charge is 0.573 e. The fourth-order valence-electron chi connectivity index (χ4n) is 4.48. The van der Waals surface area contributed by atoms with Gasteiger partial charge >= 0.3 is 12.4 Å². The van der Waals surface area contributed by atoms with Gasteiger partial charge in [0.2, 0.25) is 5.91 Å². The maximum absolute atomic E-state index is 15.0. The van der Waals surface area contributed by atoms with Crippen molar-refractivity contribution < 1.29 is 31.9 Å². The minimum absolute atomic E-state index is 0.120. The van der Waals surface area contributed by atoms with E-state index >= 15 is 4.39 Å². The third kappa shape index (κ3) is 7.25. The van der Waals surface area contributed by atoms with Crippen LogP contribution < -0.4 is 15.0 Å². The van der Waals surface area contributed by atoms with Crippen molar-refractivity contribution in [3.63, 3.8) is 0 Å². The summed E-state index contributed by atoms with van der Waals surface area (Å²) in [5.41, 5.74) is 3.15. The minimum atomic E-state index is -4.81. The number of carbonyl (C=O) groups excluding carboxylic acids is 2. The van der Waals surface area contributed by atoms with Crippen molar-refractivity contribution in [2.45, 2.75) is 33.6 Å². The van der Waals surface area contributed by atoms with Crippen molar-refractivity contribution in [2.24, 2.45) is 10.9 Å². The van der Waals surface area contributed by atoms with Gasteiger partial charge in [-0.2, -0.15) is 4.99 Å². The molecule has 228 valence electrons. The van der Waals surface area contributed by atoms with Gasteiger partial charge in [-0.05, 0) is 78.9 Å². The molecule has 1 N–H and O–H groups in total. The van der Waals surface area contributed by atoms with Crippen molar-refractivity contribution in [1.29, 1.82) is 0 Å². The highest BCUT2D eigenvalue weighted by molar-refractivity contribution is 8.15. The Labute approximate surface area is 254 Å². The average Bonchev–Trinajstić information content (AvgIpc) is 3.57. The molecule has 0 spiro atoms. The molecule has 0 unspecified atom stereocenters. The Balaban J connectivity index is 1.30. The second-order valence-corrected chi connectivity index (χ2v) is 11.3. The normalized spacial score (nSPS) is 14.5. The van der Waals surface area contributed by atoms with Crippen molar-refractivity contribution >= 4 is 40.2 Å². The Kier molecular flexibility index (Phi) is 8.72. The number of nitrogens with zero attached hydrogens (tertiary/aromatic N) is 5. The number of amidine groups is 1. The summed E-state index contributed by atoms with van der Waals surface area (Å²) >= 11 is 1.13. The highest BCUT2D eigenvalue weighted by Crippen LogP contribution is 2.32. The van der Waals surface area contributed by atoms with E-state index in [0.29, 0.717) is 22.9 Å². The molecule has 9 nitrogen and oxygen atoms in total. The molecular formula is C30H26F4N6O3S. The predicted molar refractivity (Wildman–Crippen MR) is 160 cm³/mol. The molecule has 1 fully saturated rings. The van der Waals surface area contributed by atoms with Crippen molar-refractivity contribution in [3.8, 4) is 22.8 Å². The lowest BCUT2D eigenvalue weighted by molar-refractivity contribution is -0.274. The van der Waals surface area contributed by atoms with Crippen LogP contribution in [0.25, 0.3) is 17.1 Å². The summed E-state index contributed by atoms with van der Waals surface area (Å²) in [7, 11) is 0. The van der Waals surface area contributed by atoms with Gasteiger partial charge in [-0.15, -0.1) is 18.3 Å². The first-order valence-corrected chi connectivity index (χ1v) is 14.4. The standard InChI is InChI=1S/C30H26F4N6O3S/c1-17(2)12-19-5-4-18(3)13-25(19)40-26(41)15-44-29(40)37-28(42)36-24-11-6-20(14-23(24)31)27-35-16-39(38-27)21-7-9-22(10-8-21)43-30(32,33)34/h4-11,13-14,16-17H,12,15H2,1-3H3,(H,36,42). The Morgan fingerprint density at radius 3 is 2.55 bits per heavy atom.